The van der Waals surface area contributed by atoms with Crippen LogP contribution in [0.3, 0.4) is 0 Å². The molecule has 4 heteroatoms. The van der Waals surface area contributed by atoms with Gasteiger partial charge in [-0.25, -0.2) is 0 Å². The average Bonchev–Trinajstić information content (AvgIpc) is 2.79. The van der Waals surface area contributed by atoms with Crippen molar-refractivity contribution in [2.45, 2.75) is 6.42 Å². The molecule has 3 nitrogen and oxygen atoms in total. The Kier molecular flexibility index (Phi) is 3.40. The van der Waals surface area contributed by atoms with Crippen LogP contribution in [0.15, 0.2) is 47.1 Å². The molecule has 0 spiro atoms. The molecule has 0 bridgehead atoms. The Morgan fingerprint density at radius 3 is 2.65 bits per heavy atom. The van der Waals surface area contributed by atoms with Gasteiger partial charge in [0.05, 0.1) is 11.8 Å². The largest absolute Gasteiger partial charge is 0.314 e. The normalized spacial score (nSPS) is 9.88. The molecule has 0 atom stereocenters. The lowest BCUT2D eigenvalue weighted by molar-refractivity contribution is 0.0991. The Hall–Kier alpha value is -1.86. The molecule has 0 unspecified atom stereocenters. The van der Waals surface area contributed by atoms with E-state index in [1.165, 1.54) is 0 Å². The molecule has 1 aromatic heterocycles. The lowest BCUT2D eigenvalue weighted by Crippen LogP contribution is -2.05. The summed E-state index contributed by atoms with van der Waals surface area (Å²) in [4.78, 5) is 11.7. The van der Waals surface area contributed by atoms with Crippen molar-refractivity contribution in [1.29, 1.82) is 5.26 Å². The molecule has 0 aliphatic carbocycles. The van der Waals surface area contributed by atoms with E-state index in [1.807, 2.05) is 36.5 Å². The number of aromatic nitrogens is 1. The van der Waals surface area contributed by atoms with Crippen molar-refractivity contribution in [3.8, 4) is 11.8 Å². The molecule has 17 heavy (non-hydrogen) atoms. The van der Waals surface area contributed by atoms with E-state index in [2.05, 4.69) is 15.9 Å². The molecule has 1 aromatic carbocycles. The standard InChI is InChI=1S/C13H9BrN2O/c14-10-3-5-11(6-4-10)16-9-1-2-12(16)13(17)7-8-15/h1-6,9H,7H2. The SMILES string of the molecule is N#CCC(=O)c1cccn1-c1ccc(Br)cc1. The number of hydrogen-bond donors (Lipinski definition) is 0. The van der Waals surface area contributed by atoms with Crippen molar-refractivity contribution in [2.75, 3.05) is 0 Å². The third-order valence-corrected chi connectivity index (χ3v) is 2.91. The number of rotatable bonds is 3. The van der Waals surface area contributed by atoms with Gasteiger partial charge in [0.15, 0.2) is 5.78 Å². The molecular weight excluding hydrogens is 280 g/mol. The van der Waals surface area contributed by atoms with E-state index < -0.39 is 0 Å². The lowest BCUT2D eigenvalue weighted by atomic mass is 10.2. The van der Waals surface area contributed by atoms with E-state index in [1.54, 1.807) is 16.7 Å². The van der Waals surface area contributed by atoms with Crippen LogP contribution in [0.25, 0.3) is 5.69 Å². The van der Waals surface area contributed by atoms with E-state index in [0.717, 1.165) is 10.2 Å². The topological polar surface area (TPSA) is 45.8 Å². The van der Waals surface area contributed by atoms with Gasteiger partial charge >= 0.3 is 0 Å². The van der Waals surface area contributed by atoms with Crippen LogP contribution in [-0.4, -0.2) is 10.4 Å². The minimum Gasteiger partial charge on any atom is -0.314 e. The maximum absolute atomic E-state index is 11.7. The van der Waals surface area contributed by atoms with Gasteiger partial charge in [0, 0.05) is 16.4 Å². The highest BCUT2D eigenvalue weighted by molar-refractivity contribution is 9.10. The molecule has 0 amide bonds. The van der Waals surface area contributed by atoms with Gasteiger partial charge in [0.1, 0.15) is 6.42 Å². The molecule has 2 aromatic rings. The van der Waals surface area contributed by atoms with E-state index in [4.69, 9.17) is 5.26 Å². The number of halogens is 1. The first-order valence-electron chi connectivity index (χ1n) is 5.06. The number of ketones is 1. The quantitative estimate of drug-likeness (QED) is 0.813. The molecule has 0 fully saturated rings. The Morgan fingerprint density at radius 1 is 1.29 bits per heavy atom. The lowest BCUT2D eigenvalue weighted by Gasteiger charge is -2.07. The summed E-state index contributed by atoms with van der Waals surface area (Å²) in [5.74, 6) is -0.166. The molecule has 0 radical (unpaired) electrons. The molecule has 0 aliphatic heterocycles. The Bertz CT molecular complexity index is 578. The second-order valence-corrected chi connectivity index (χ2v) is 4.41. The zero-order chi connectivity index (χ0) is 12.3. The summed E-state index contributed by atoms with van der Waals surface area (Å²) in [6.07, 6.45) is 1.72. The van der Waals surface area contributed by atoms with Crippen LogP contribution in [0.4, 0.5) is 0 Å². The number of carbonyl (C=O) groups is 1. The van der Waals surface area contributed by atoms with Gasteiger partial charge < -0.3 is 4.57 Å². The summed E-state index contributed by atoms with van der Waals surface area (Å²) in [5.41, 5.74) is 1.44. The van der Waals surface area contributed by atoms with Crippen molar-refractivity contribution in [3.63, 3.8) is 0 Å². The Morgan fingerprint density at radius 2 is 2.00 bits per heavy atom. The molecule has 0 saturated carbocycles. The fraction of sp³-hybridized carbons (Fsp3) is 0.0769. The Labute approximate surface area is 107 Å². The van der Waals surface area contributed by atoms with Crippen LogP contribution < -0.4 is 0 Å². The van der Waals surface area contributed by atoms with E-state index in [9.17, 15) is 4.79 Å². The van der Waals surface area contributed by atoms with E-state index in [-0.39, 0.29) is 12.2 Å². The van der Waals surface area contributed by atoms with Gasteiger partial charge in [-0.2, -0.15) is 5.26 Å². The number of nitriles is 1. The maximum atomic E-state index is 11.7. The van der Waals surface area contributed by atoms with E-state index >= 15 is 0 Å². The number of nitrogens with zero attached hydrogens (tertiary/aromatic N) is 2. The van der Waals surface area contributed by atoms with Crippen LogP contribution in [0, 0.1) is 11.3 Å². The van der Waals surface area contributed by atoms with Gasteiger partial charge in [-0.05, 0) is 36.4 Å². The molecule has 0 aliphatic rings. The summed E-state index contributed by atoms with van der Waals surface area (Å²) < 4.78 is 2.77. The van der Waals surface area contributed by atoms with Gasteiger partial charge in [-0.3, -0.25) is 4.79 Å². The second-order valence-electron chi connectivity index (χ2n) is 3.50. The smallest absolute Gasteiger partial charge is 0.193 e. The highest BCUT2D eigenvalue weighted by atomic mass is 79.9. The molecule has 0 N–H and O–H groups in total. The summed E-state index contributed by atoms with van der Waals surface area (Å²) >= 11 is 3.36. The summed E-state index contributed by atoms with van der Waals surface area (Å²) in [5, 5.41) is 8.55. The molecule has 0 saturated heterocycles. The fourth-order valence-electron chi connectivity index (χ4n) is 1.60. The molecule has 1 heterocycles. The van der Waals surface area contributed by atoms with Crippen molar-refractivity contribution in [3.05, 3.63) is 52.8 Å². The number of carbonyl (C=O) groups excluding carboxylic acids is 1. The van der Waals surface area contributed by atoms with Gasteiger partial charge in [-0.1, -0.05) is 15.9 Å². The number of benzene rings is 1. The maximum Gasteiger partial charge on any atom is 0.193 e. The molecular formula is C13H9BrN2O. The highest BCUT2D eigenvalue weighted by Gasteiger charge is 2.11. The summed E-state index contributed by atoms with van der Waals surface area (Å²) in [7, 11) is 0. The van der Waals surface area contributed by atoms with Crippen molar-refractivity contribution in [2.24, 2.45) is 0 Å². The van der Waals surface area contributed by atoms with E-state index in [0.29, 0.717) is 5.69 Å². The van der Waals surface area contributed by atoms with Crippen LogP contribution in [-0.2, 0) is 0 Å². The fourth-order valence-corrected chi connectivity index (χ4v) is 1.86. The predicted molar refractivity (Wildman–Crippen MR) is 68.0 cm³/mol. The third-order valence-electron chi connectivity index (χ3n) is 2.38. The first-order valence-corrected chi connectivity index (χ1v) is 5.85. The number of Topliss-reactive ketones (excluding diaryl/α,β-unsaturated/α-hetero) is 1. The third kappa shape index (κ3) is 2.45. The highest BCUT2D eigenvalue weighted by Crippen LogP contribution is 2.17. The summed E-state index contributed by atoms with van der Waals surface area (Å²) in [6.45, 7) is 0. The minimum absolute atomic E-state index is 0.0967. The minimum atomic E-state index is -0.166. The van der Waals surface area contributed by atoms with Gasteiger partial charge in [0.2, 0.25) is 0 Å². The van der Waals surface area contributed by atoms with Crippen molar-refractivity contribution in [1.82, 2.24) is 4.57 Å². The first-order chi connectivity index (χ1) is 8.22. The monoisotopic (exact) mass is 288 g/mol. The Balaban J connectivity index is 2.40. The molecule has 2 rings (SSSR count). The van der Waals surface area contributed by atoms with Crippen LogP contribution in [0.1, 0.15) is 16.9 Å². The van der Waals surface area contributed by atoms with Crippen LogP contribution >= 0.6 is 15.9 Å². The zero-order valence-electron chi connectivity index (χ0n) is 8.93. The average molecular weight is 289 g/mol. The summed E-state index contributed by atoms with van der Waals surface area (Å²) in [6, 6.07) is 13.0. The zero-order valence-corrected chi connectivity index (χ0v) is 10.5. The van der Waals surface area contributed by atoms with Crippen molar-refractivity contribution < 1.29 is 4.79 Å². The van der Waals surface area contributed by atoms with Crippen molar-refractivity contribution >= 4 is 21.7 Å². The van der Waals surface area contributed by atoms with Crippen LogP contribution in [0.5, 0.6) is 0 Å². The second kappa shape index (κ2) is 4.98. The number of hydrogen-bond acceptors (Lipinski definition) is 2. The molecule has 84 valence electrons. The predicted octanol–water partition coefficient (Wildman–Crippen LogP) is 3.34. The first kappa shape index (κ1) is 11.6. The van der Waals surface area contributed by atoms with Gasteiger partial charge in [-0.15, -0.1) is 0 Å². The van der Waals surface area contributed by atoms with Gasteiger partial charge in [0.25, 0.3) is 0 Å². The van der Waals surface area contributed by atoms with Crippen LogP contribution in [0.2, 0.25) is 0 Å².